The number of nitrogens with two attached hydrogens (primary N) is 1. The number of benzene rings is 2. The molecule has 0 radical (unpaired) electrons. The van der Waals surface area contributed by atoms with Crippen molar-refractivity contribution in [2.24, 2.45) is 5.73 Å². The maximum atomic E-state index is 12.4. The molecule has 2 unspecified atom stereocenters. The number of fused-ring (bicyclic) bond motifs is 1. The van der Waals surface area contributed by atoms with Gasteiger partial charge in [0.05, 0.1) is 0 Å². The van der Waals surface area contributed by atoms with E-state index >= 15 is 0 Å². The Labute approximate surface area is 201 Å². The van der Waals surface area contributed by atoms with E-state index in [0.29, 0.717) is 24.5 Å². The molecule has 1 aromatic heterocycles. The zero-order valence-electron chi connectivity index (χ0n) is 18.5. The molecule has 2 atom stereocenters. The zero-order valence-corrected chi connectivity index (χ0v) is 20.2. The van der Waals surface area contributed by atoms with Gasteiger partial charge in [0.2, 0.25) is 0 Å². The number of thiocarbonyl (C=S) groups is 1. The second kappa shape index (κ2) is 12.5. The average molecular weight is 488 g/mol. The molecular formula is C24H29N3O4S2. The summed E-state index contributed by atoms with van der Waals surface area (Å²) in [6.45, 7) is 0.855. The van der Waals surface area contributed by atoms with Gasteiger partial charge in [0.15, 0.2) is 0 Å². The number of unbranched alkanes of at least 4 members (excludes halogenated alkanes) is 1. The van der Waals surface area contributed by atoms with Crippen LogP contribution in [0.1, 0.15) is 24.0 Å². The summed E-state index contributed by atoms with van der Waals surface area (Å²) < 4.78 is 22.2. The van der Waals surface area contributed by atoms with Gasteiger partial charge >= 0.3 is 5.97 Å². The van der Waals surface area contributed by atoms with Crippen molar-refractivity contribution in [2.45, 2.75) is 31.9 Å². The van der Waals surface area contributed by atoms with Crippen molar-refractivity contribution < 1.29 is 18.5 Å². The van der Waals surface area contributed by atoms with Crippen LogP contribution in [-0.4, -0.2) is 44.9 Å². The number of carbonyl (C=O) groups excluding carboxylic acids is 1. The van der Waals surface area contributed by atoms with Gasteiger partial charge in [0, 0.05) is 52.9 Å². The molecule has 0 spiro atoms. The Bertz CT molecular complexity index is 1100. The van der Waals surface area contributed by atoms with E-state index in [-0.39, 0.29) is 11.8 Å². The summed E-state index contributed by atoms with van der Waals surface area (Å²) in [6, 6.07) is 14.3. The number of ether oxygens (including phenoxy) is 2. The fourth-order valence-electron chi connectivity index (χ4n) is 3.31. The number of aromatic amines is 1. The third-order valence-corrected chi connectivity index (χ3v) is 6.14. The lowest BCUT2D eigenvalue weighted by molar-refractivity contribution is -0.146. The molecule has 2 aromatic carbocycles. The van der Waals surface area contributed by atoms with Crippen LogP contribution < -0.4 is 15.8 Å². The highest BCUT2D eigenvalue weighted by Gasteiger charge is 2.18. The number of hydrogen-bond donors (Lipinski definition) is 3. The average Bonchev–Trinajstić information content (AvgIpc) is 3.19. The molecule has 3 rings (SSSR count). The molecule has 0 aliphatic rings. The van der Waals surface area contributed by atoms with Gasteiger partial charge in [-0.2, -0.15) is 0 Å². The first-order valence-electron chi connectivity index (χ1n) is 10.7. The topological polar surface area (TPSA) is 106 Å². The van der Waals surface area contributed by atoms with Gasteiger partial charge in [-0.25, -0.2) is 0 Å². The second-order valence-corrected chi connectivity index (χ2v) is 9.65. The maximum absolute atomic E-state index is 12.4. The molecule has 0 saturated heterocycles. The Hall–Kier alpha value is -2.75. The molecule has 4 N–H and O–H groups in total. The quantitative estimate of drug-likeness (QED) is 0.217. The minimum atomic E-state index is -0.780. The summed E-state index contributed by atoms with van der Waals surface area (Å²) in [7, 11) is -0.774. The molecule has 9 heteroatoms. The van der Waals surface area contributed by atoms with Gasteiger partial charge in [-0.3, -0.25) is 9.00 Å². The summed E-state index contributed by atoms with van der Waals surface area (Å²) in [4.78, 5) is 15.5. The Morgan fingerprint density at radius 2 is 2.00 bits per heavy atom. The summed E-state index contributed by atoms with van der Waals surface area (Å²) in [5, 5.41) is 4.25. The number of rotatable bonds is 11. The van der Waals surface area contributed by atoms with Gasteiger partial charge in [0.25, 0.3) is 5.17 Å². The van der Waals surface area contributed by atoms with Crippen LogP contribution in [0.3, 0.4) is 0 Å². The van der Waals surface area contributed by atoms with E-state index < -0.39 is 22.8 Å². The van der Waals surface area contributed by atoms with Gasteiger partial charge < -0.3 is 25.5 Å². The first-order valence-corrected chi connectivity index (χ1v) is 12.9. The number of hydrogen-bond acceptors (Lipinski definition) is 6. The lowest BCUT2D eigenvalue weighted by Gasteiger charge is -2.12. The molecule has 1 heterocycles. The molecule has 0 saturated carbocycles. The predicted octanol–water partition coefficient (Wildman–Crippen LogP) is 3.19. The van der Waals surface area contributed by atoms with Crippen molar-refractivity contribution >= 4 is 45.1 Å². The van der Waals surface area contributed by atoms with Crippen LogP contribution in [0, 0.1) is 0 Å². The minimum Gasteiger partial charge on any atom is -0.460 e. The van der Waals surface area contributed by atoms with Crippen molar-refractivity contribution in [3.63, 3.8) is 0 Å². The van der Waals surface area contributed by atoms with E-state index in [1.807, 2.05) is 54.7 Å². The maximum Gasteiger partial charge on any atom is 0.323 e. The lowest BCUT2D eigenvalue weighted by atomic mass is 10.1. The SMILES string of the molecule is CS(=O)CCCCNC(=S)Oc1ccc2[nH]cc(CC(N)C(=O)OCc3ccccc3)c2c1. The summed E-state index contributed by atoms with van der Waals surface area (Å²) in [5.74, 6) is 0.832. The van der Waals surface area contributed by atoms with Crippen molar-refractivity contribution in [1.82, 2.24) is 10.3 Å². The molecular weight excluding hydrogens is 458 g/mol. The van der Waals surface area contributed by atoms with Gasteiger partial charge in [-0.05, 0) is 54.4 Å². The van der Waals surface area contributed by atoms with Gasteiger partial charge in [0.1, 0.15) is 18.4 Å². The van der Waals surface area contributed by atoms with Crippen LogP contribution in [-0.2, 0) is 33.4 Å². The molecule has 3 aromatic rings. The highest BCUT2D eigenvalue weighted by atomic mass is 32.2. The first-order chi connectivity index (χ1) is 15.9. The van der Waals surface area contributed by atoms with Gasteiger partial charge in [-0.15, -0.1) is 0 Å². The van der Waals surface area contributed by atoms with Crippen LogP contribution in [0.5, 0.6) is 5.75 Å². The Kier molecular flexibility index (Phi) is 9.41. The Morgan fingerprint density at radius 1 is 1.21 bits per heavy atom. The molecule has 0 amide bonds. The van der Waals surface area contributed by atoms with E-state index in [1.165, 1.54) is 0 Å². The Balaban J connectivity index is 1.53. The van der Waals surface area contributed by atoms with Crippen molar-refractivity contribution in [3.8, 4) is 5.75 Å². The fraction of sp³-hybridized carbons (Fsp3) is 0.333. The Morgan fingerprint density at radius 3 is 2.76 bits per heavy atom. The van der Waals surface area contributed by atoms with E-state index in [2.05, 4.69) is 10.3 Å². The third kappa shape index (κ3) is 7.96. The van der Waals surface area contributed by atoms with Crippen LogP contribution in [0.4, 0.5) is 0 Å². The second-order valence-electron chi connectivity index (χ2n) is 7.73. The molecule has 33 heavy (non-hydrogen) atoms. The predicted molar refractivity (Wildman–Crippen MR) is 136 cm³/mol. The largest absolute Gasteiger partial charge is 0.460 e. The minimum absolute atomic E-state index is 0.194. The molecule has 0 bridgehead atoms. The highest BCUT2D eigenvalue weighted by Crippen LogP contribution is 2.25. The van der Waals surface area contributed by atoms with E-state index in [0.717, 1.165) is 34.9 Å². The summed E-state index contributed by atoms with van der Waals surface area (Å²) >= 11 is 5.26. The number of H-pyrrole nitrogens is 1. The summed E-state index contributed by atoms with van der Waals surface area (Å²) in [6.07, 6.45) is 5.60. The molecule has 7 nitrogen and oxygen atoms in total. The monoisotopic (exact) mass is 487 g/mol. The van der Waals surface area contributed by atoms with Crippen LogP contribution in [0.15, 0.2) is 54.7 Å². The van der Waals surface area contributed by atoms with Crippen molar-refractivity contribution in [2.75, 3.05) is 18.6 Å². The standard InChI is InChI=1S/C24H29N3O4S2/c1-33(29)12-6-5-11-26-24(32)31-19-9-10-22-20(14-19)18(15-27-22)13-21(25)23(28)30-16-17-7-3-2-4-8-17/h2-4,7-10,14-15,21,27H,5-6,11-13,16,25H2,1H3,(H,26,32). The summed E-state index contributed by atoms with van der Waals surface area (Å²) in [5.41, 5.74) is 8.83. The fourth-order valence-corrected chi connectivity index (χ4v) is 4.12. The lowest BCUT2D eigenvalue weighted by Crippen LogP contribution is -2.34. The molecule has 0 aliphatic heterocycles. The van der Waals surface area contributed by atoms with Crippen LogP contribution in [0.25, 0.3) is 10.9 Å². The van der Waals surface area contributed by atoms with Crippen molar-refractivity contribution in [1.29, 1.82) is 0 Å². The van der Waals surface area contributed by atoms with E-state index in [1.54, 1.807) is 6.26 Å². The normalized spacial score (nSPS) is 12.8. The molecule has 0 aliphatic carbocycles. The number of carbonyl (C=O) groups is 1. The highest BCUT2D eigenvalue weighted by molar-refractivity contribution is 7.84. The zero-order chi connectivity index (χ0) is 23.6. The van der Waals surface area contributed by atoms with E-state index in [4.69, 9.17) is 27.4 Å². The van der Waals surface area contributed by atoms with E-state index in [9.17, 15) is 9.00 Å². The third-order valence-electron chi connectivity index (χ3n) is 5.04. The number of nitrogens with one attached hydrogen (secondary N) is 2. The van der Waals surface area contributed by atoms with Crippen LogP contribution in [0.2, 0.25) is 0 Å². The first kappa shape index (κ1) is 24.9. The van der Waals surface area contributed by atoms with Gasteiger partial charge in [-0.1, -0.05) is 30.3 Å². The van der Waals surface area contributed by atoms with Crippen LogP contribution >= 0.6 is 12.2 Å². The molecule has 176 valence electrons. The smallest absolute Gasteiger partial charge is 0.323 e. The number of aromatic nitrogens is 1. The number of esters is 1. The molecule has 0 fully saturated rings. The van der Waals surface area contributed by atoms with Crippen molar-refractivity contribution in [3.05, 3.63) is 65.9 Å².